The van der Waals surface area contributed by atoms with E-state index < -0.39 is 64.8 Å². The average Bonchev–Trinajstić information content (AvgIpc) is 2.96. The summed E-state index contributed by atoms with van der Waals surface area (Å²) in [6.45, 7) is 2.10. The second-order valence-corrected chi connectivity index (χ2v) is 11.7. The fourth-order valence-electron chi connectivity index (χ4n) is 6.05. The van der Waals surface area contributed by atoms with Gasteiger partial charge >= 0.3 is 18.3 Å². The molecule has 0 heterocycles. The Hall–Kier alpha value is -3.15. The molecule has 3 nitrogen and oxygen atoms in total. The molecule has 2 aromatic rings. The van der Waals surface area contributed by atoms with Gasteiger partial charge in [0.15, 0.2) is 23.6 Å². The first-order chi connectivity index (χ1) is 21.3. The molecule has 2 saturated carbocycles. The van der Waals surface area contributed by atoms with Gasteiger partial charge in [-0.2, -0.15) is 26.3 Å². The Balaban J connectivity index is 1.30. The van der Waals surface area contributed by atoms with Crippen molar-refractivity contribution in [2.75, 3.05) is 0 Å². The lowest BCUT2D eigenvalue weighted by Crippen LogP contribution is -2.39. The first-order valence-electron chi connectivity index (χ1n) is 15.0. The van der Waals surface area contributed by atoms with Crippen LogP contribution < -0.4 is 9.47 Å². The number of benzene rings is 2. The Bertz CT molecular complexity index is 1320. The fraction of sp³-hybridized carbons (Fsp3) is 0.515. The van der Waals surface area contributed by atoms with Crippen molar-refractivity contribution < 1.29 is 53.7 Å². The minimum Gasteiger partial charge on any atom is -0.453 e. The van der Waals surface area contributed by atoms with E-state index in [1.54, 1.807) is 12.2 Å². The van der Waals surface area contributed by atoms with Gasteiger partial charge in [-0.05, 0) is 80.9 Å². The largest absolute Gasteiger partial charge is 0.453 e. The maximum atomic E-state index is 14.9. The summed E-state index contributed by atoms with van der Waals surface area (Å²) in [5.41, 5.74) is -0.956. The quantitative estimate of drug-likeness (QED) is 0.169. The number of halogens is 9. The molecule has 248 valence electrons. The van der Waals surface area contributed by atoms with Crippen molar-refractivity contribution in [3.8, 4) is 11.5 Å². The van der Waals surface area contributed by atoms with Crippen molar-refractivity contribution in [3.63, 3.8) is 0 Å². The van der Waals surface area contributed by atoms with E-state index in [2.05, 4.69) is 16.4 Å². The Kier molecular flexibility index (Phi) is 11.5. The van der Waals surface area contributed by atoms with Crippen molar-refractivity contribution in [1.82, 2.24) is 0 Å². The van der Waals surface area contributed by atoms with Crippen LogP contribution in [-0.4, -0.2) is 12.2 Å². The lowest BCUT2D eigenvalue weighted by atomic mass is 9.79. The van der Waals surface area contributed by atoms with Crippen LogP contribution in [-0.2, 0) is 10.8 Å². The molecule has 0 aromatic heterocycles. The van der Waals surface area contributed by atoms with E-state index in [1.165, 1.54) is 6.07 Å². The van der Waals surface area contributed by atoms with Crippen LogP contribution >= 0.6 is 0 Å². The van der Waals surface area contributed by atoms with Gasteiger partial charge in [0.05, 0.1) is 17.6 Å². The van der Waals surface area contributed by atoms with Gasteiger partial charge in [0.1, 0.15) is 11.6 Å². The Morgan fingerprint density at radius 3 is 2.07 bits per heavy atom. The highest BCUT2D eigenvalue weighted by molar-refractivity contribution is 5.51. The molecule has 0 atom stereocenters. The molecule has 0 bridgehead atoms. The summed E-state index contributed by atoms with van der Waals surface area (Å²) in [5, 5.41) is 0. The van der Waals surface area contributed by atoms with E-state index in [-0.39, 0.29) is 29.9 Å². The van der Waals surface area contributed by atoms with Crippen LogP contribution in [0, 0.1) is 35.2 Å². The van der Waals surface area contributed by atoms with E-state index in [0.717, 1.165) is 37.8 Å². The molecule has 45 heavy (non-hydrogen) atoms. The first kappa shape index (κ1) is 34.7. The smallest absolute Gasteiger partial charge is 0.429 e. The van der Waals surface area contributed by atoms with Gasteiger partial charge in [0.2, 0.25) is 0 Å². The van der Waals surface area contributed by atoms with Gasteiger partial charge in [-0.15, -0.1) is 0 Å². The summed E-state index contributed by atoms with van der Waals surface area (Å²) in [6, 6.07) is 3.36. The van der Waals surface area contributed by atoms with Crippen LogP contribution in [0.4, 0.5) is 39.5 Å². The van der Waals surface area contributed by atoms with Crippen LogP contribution in [0.15, 0.2) is 48.8 Å². The number of alkyl halides is 4. The molecule has 0 spiro atoms. The zero-order valence-electron chi connectivity index (χ0n) is 24.6. The van der Waals surface area contributed by atoms with Crippen LogP contribution in [0.25, 0.3) is 6.08 Å². The van der Waals surface area contributed by atoms with Gasteiger partial charge in [0.25, 0.3) is 0 Å². The van der Waals surface area contributed by atoms with Crippen molar-refractivity contribution in [2.45, 2.75) is 89.5 Å². The molecule has 2 aliphatic carbocycles. The number of rotatable bonds is 12. The summed E-state index contributed by atoms with van der Waals surface area (Å²) >= 11 is 0. The fourth-order valence-corrected chi connectivity index (χ4v) is 6.05. The lowest BCUT2D eigenvalue weighted by Gasteiger charge is -2.36. The van der Waals surface area contributed by atoms with Gasteiger partial charge in [-0.3, -0.25) is 0 Å². The number of hydrogen-bond donors (Lipinski definition) is 0. The number of ether oxygens (including phenoxy) is 3. The van der Waals surface area contributed by atoms with E-state index in [1.807, 2.05) is 0 Å². The molecule has 0 amide bonds. The number of allylic oxidation sites excluding steroid dienone is 1. The zero-order chi connectivity index (χ0) is 32.8. The molecule has 0 N–H and O–H groups in total. The Morgan fingerprint density at radius 2 is 1.49 bits per heavy atom. The third-order valence-electron chi connectivity index (χ3n) is 8.41. The summed E-state index contributed by atoms with van der Waals surface area (Å²) in [7, 11) is 0. The Labute approximate surface area is 256 Å². The predicted molar refractivity (Wildman–Crippen MR) is 149 cm³/mol. The van der Waals surface area contributed by atoms with Gasteiger partial charge in [0, 0.05) is 12.1 Å². The topological polar surface area (TPSA) is 27.7 Å². The highest BCUT2D eigenvalue weighted by atomic mass is 19.3. The van der Waals surface area contributed by atoms with Crippen molar-refractivity contribution in [1.29, 1.82) is 0 Å². The van der Waals surface area contributed by atoms with Crippen LogP contribution in [0.1, 0.15) is 82.3 Å². The highest BCUT2D eigenvalue weighted by Crippen LogP contribution is 2.43. The Morgan fingerprint density at radius 1 is 0.844 bits per heavy atom. The molecule has 2 fully saturated rings. The summed E-state index contributed by atoms with van der Waals surface area (Å²) in [4.78, 5) is 0. The molecular weight excluding hydrogens is 615 g/mol. The molecule has 0 radical (unpaired) electrons. The second-order valence-electron chi connectivity index (χ2n) is 11.7. The maximum Gasteiger partial charge on any atom is 0.429 e. The molecule has 4 rings (SSSR count). The maximum absolute atomic E-state index is 14.9. The van der Waals surface area contributed by atoms with E-state index >= 15 is 0 Å². The zero-order valence-corrected chi connectivity index (χ0v) is 24.6. The average molecular weight is 651 g/mol. The monoisotopic (exact) mass is 650 g/mol. The summed E-state index contributed by atoms with van der Waals surface area (Å²) < 4.78 is 140. The molecular formula is C33H35F9O3. The molecule has 0 aliphatic heterocycles. The van der Waals surface area contributed by atoms with E-state index in [0.29, 0.717) is 44.4 Å². The van der Waals surface area contributed by atoms with Crippen molar-refractivity contribution in [2.24, 2.45) is 17.8 Å². The van der Waals surface area contributed by atoms with Gasteiger partial charge < -0.3 is 14.2 Å². The molecule has 0 saturated heterocycles. The minimum atomic E-state index is -4.35. The molecule has 12 heteroatoms. The number of hydrogen-bond acceptors (Lipinski definition) is 3. The summed E-state index contributed by atoms with van der Waals surface area (Å²) in [5.74, 6) is -7.09. The molecule has 2 aliphatic rings. The van der Waals surface area contributed by atoms with Crippen LogP contribution in [0.2, 0.25) is 0 Å². The molecule has 2 aromatic carbocycles. The normalized spacial score (nSPS) is 22.8. The standard InChI is InChI=1S/C33H35F9O3/c1-2-3-20-6-11-23(12-7-20)32(39,40)44-24-13-8-21(9-14-24)4-5-22-10-15-26(27(34)16-22)33(41,42)45-25-17-28(35)31(29(36)18-25)43-19-30(37)38/h4-5,10,15-21,23-24H,2-3,6-9,11-14H2,1H3. The predicted octanol–water partition coefficient (Wildman–Crippen LogP) is 11.1. The second kappa shape index (κ2) is 15.0. The SMILES string of the molecule is CCCC1CCC(C(F)(F)OC2CCC(C=Cc3ccc(C(F)(F)Oc4cc(F)c(OC=C(F)F)c(F)c4)c(F)c3)CC2)CC1. The molecule has 0 unspecified atom stereocenters. The highest BCUT2D eigenvalue weighted by Gasteiger charge is 2.44. The van der Waals surface area contributed by atoms with E-state index in [9.17, 15) is 39.5 Å². The van der Waals surface area contributed by atoms with E-state index in [4.69, 9.17) is 4.74 Å². The van der Waals surface area contributed by atoms with Gasteiger partial charge in [-0.25, -0.2) is 13.2 Å². The van der Waals surface area contributed by atoms with Crippen LogP contribution in [0.3, 0.4) is 0 Å². The third kappa shape index (κ3) is 9.43. The van der Waals surface area contributed by atoms with Crippen molar-refractivity contribution >= 4 is 6.08 Å². The van der Waals surface area contributed by atoms with Crippen LogP contribution in [0.5, 0.6) is 11.5 Å². The van der Waals surface area contributed by atoms with Crippen molar-refractivity contribution in [3.05, 3.63) is 77.3 Å². The van der Waals surface area contributed by atoms with Gasteiger partial charge in [-0.1, -0.05) is 38.0 Å². The summed E-state index contributed by atoms with van der Waals surface area (Å²) in [6.07, 6.45) is -0.708. The lowest BCUT2D eigenvalue weighted by molar-refractivity contribution is -0.301. The third-order valence-corrected chi connectivity index (χ3v) is 8.41. The minimum absolute atomic E-state index is 0.00380. The first-order valence-corrected chi connectivity index (χ1v) is 15.0.